The van der Waals surface area contributed by atoms with Gasteiger partial charge in [-0.3, -0.25) is 4.79 Å². The maximum absolute atomic E-state index is 12.1. The zero-order valence-electron chi connectivity index (χ0n) is 12.3. The van der Waals surface area contributed by atoms with Crippen LogP contribution in [0.1, 0.15) is 21.2 Å². The standard InChI is InChI=1S/C15H14BrN3O2S2/c1-19-5-4-17-15(19)23-9-11-2-3-13(21-11)14(20)18-7-12-6-10(16)8-22-12/h2-6,8H,7,9H2,1H3,(H,18,20). The highest BCUT2D eigenvalue weighted by Gasteiger charge is 2.12. The van der Waals surface area contributed by atoms with Gasteiger partial charge in [-0.15, -0.1) is 11.3 Å². The first-order valence-corrected chi connectivity index (χ1v) is 9.47. The van der Waals surface area contributed by atoms with Crippen LogP contribution < -0.4 is 5.32 Å². The van der Waals surface area contributed by atoms with Crippen molar-refractivity contribution in [1.82, 2.24) is 14.9 Å². The number of thiophene rings is 1. The van der Waals surface area contributed by atoms with Crippen molar-refractivity contribution in [2.45, 2.75) is 17.5 Å². The number of rotatable bonds is 6. The minimum absolute atomic E-state index is 0.206. The Kier molecular flexibility index (Phi) is 5.24. The number of nitrogens with one attached hydrogen (secondary N) is 1. The van der Waals surface area contributed by atoms with Gasteiger partial charge in [-0.1, -0.05) is 11.8 Å². The molecule has 3 aromatic rings. The molecule has 1 N–H and O–H groups in total. The second-order valence-electron chi connectivity index (χ2n) is 4.79. The molecule has 0 atom stereocenters. The summed E-state index contributed by atoms with van der Waals surface area (Å²) in [7, 11) is 1.94. The molecule has 23 heavy (non-hydrogen) atoms. The van der Waals surface area contributed by atoms with Gasteiger partial charge >= 0.3 is 0 Å². The Morgan fingerprint density at radius 2 is 2.39 bits per heavy atom. The van der Waals surface area contributed by atoms with Gasteiger partial charge in [0.25, 0.3) is 5.91 Å². The monoisotopic (exact) mass is 411 g/mol. The lowest BCUT2D eigenvalue weighted by Crippen LogP contribution is -2.21. The number of carbonyl (C=O) groups is 1. The smallest absolute Gasteiger partial charge is 0.287 e. The number of aromatic nitrogens is 2. The van der Waals surface area contributed by atoms with Crippen molar-refractivity contribution in [2.75, 3.05) is 0 Å². The third-order valence-corrected chi connectivity index (χ3v) is 5.83. The summed E-state index contributed by atoms with van der Waals surface area (Å²) < 4.78 is 8.57. The summed E-state index contributed by atoms with van der Waals surface area (Å²) in [4.78, 5) is 17.4. The van der Waals surface area contributed by atoms with Crippen LogP contribution in [0.5, 0.6) is 0 Å². The zero-order chi connectivity index (χ0) is 16.2. The fourth-order valence-corrected chi connectivity index (χ4v) is 4.12. The van der Waals surface area contributed by atoms with Crippen LogP contribution in [-0.2, 0) is 19.3 Å². The molecule has 120 valence electrons. The van der Waals surface area contributed by atoms with Gasteiger partial charge in [0.15, 0.2) is 10.9 Å². The molecule has 0 saturated heterocycles. The maximum atomic E-state index is 12.1. The quantitative estimate of drug-likeness (QED) is 0.621. The molecule has 0 unspecified atom stereocenters. The highest BCUT2D eigenvalue weighted by molar-refractivity contribution is 9.10. The Bertz CT molecular complexity index is 809. The fourth-order valence-electron chi connectivity index (χ4n) is 1.91. The first-order chi connectivity index (χ1) is 11.1. The van der Waals surface area contributed by atoms with E-state index in [9.17, 15) is 4.79 Å². The van der Waals surface area contributed by atoms with E-state index >= 15 is 0 Å². The fraction of sp³-hybridized carbons (Fsp3) is 0.200. The molecule has 0 bridgehead atoms. The molecule has 3 heterocycles. The Balaban J connectivity index is 1.53. The molecule has 3 aromatic heterocycles. The van der Waals surface area contributed by atoms with Crippen LogP contribution in [0, 0.1) is 0 Å². The van der Waals surface area contributed by atoms with Crippen LogP contribution in [0.25, 0.3) is 0 Å². The van der Waals surface area contributed by atoms with E-state index in [-0.39, 0.29) is 5.91 Å². The lowest BCUT2D eigenvalue weighted by Gasteiger charge is -2.01. The van der Waals surface area contributed by atoms with E-state index in [1.54, 1.807) is 35.4 Å². The van der Waals surface area contributed by atoms with Crippen LogP contribution in [0.2, 0.25) is 0 Å². The minimum atomic E-state index is -0.206. The van der Waals surface area contributed by atoms with Gasteiger partial charge < -0.3 is 14.3 Å². The van der Waals surface area contributed by atoms with E-state index in [2.05, 4.69) is 26.2 Å². The summed E-state index contributed by atoms with van der Waals surface area (Å²) in [6.07, 6.45) is 3.65. The average Bonchev–Trinajstić information content (AvgIpc) is 3.24. The molecule has 0 aliphatic carbocycles. The highest BCUT2D eigenvalue weighted by Crippen LogP contribution is 2.22. The van der Waals surface area contributed by atoms with E-state index in [0.29, 0.717) is 18.1 Å². The summed E-state index contributed by atoms with van der Waals surface area (Å²) in [6.45, 7) is 0.493. The molecule has 0 aliphatic heterocycles. The summed E-state index contributed by atoms with van der Waals surface area (Å²) in [5, 5.41) is 5.75. The molecule has 1 amide bonds. The van der Waals surface area contributed by atoms with Crippen molar-refractivity contribution >= 4 is 44.9 Å². The first kappa shape index (κ1) is 16.4. The number of nitrogens with zero attached hydrogens (tertiary/aromatic N) is 2. The minimum Gasteiger partial charge on any atom is -0.455 e. The summed E-state index contributed by atoms with van der Waals surface area (Å²) in [6, 6.07) is 5.52. The van der Waals surface area contributed by atoms with Gasteiger partial charge in [0.2, 0.25) is 0 Å². The van der Waals surface area contributed by atoms with Gasteiger partial charge in [-0.25, -0.2) is 4.98 Å². The Labute approximate surface area is 150 Å². The van der Waals surface area contributed by atoms with Crippen molar-refractivity contribution in [3.8, 4) is 0 Å². The number of amides is 1. The number of hydrogen-bond acceptors (Lipinski definition) is 5. The van der Waals surface area contributed by atoms with E-state index in [4.69, 9.17) is 4.42 Å². The van der Waals surface area contributed by atoms with Crippen molar-refractivity contribution in [3.63, 3.8) is 0 Å². The second-order valence-corrected chi connectivity index (χ2v) is 7.64. The van der Waals surface area contributed by atoms with Gasteiger partial charge in [0.05, 0.1) is 12.3 Å². The summed E-state index contributed by atoms with van der Waals surface area (Å²) in [5.74, 6) is 1.51. The lowest BCUT2D eigenvalue weighted by molar-refractivity contribution is 0.0922. The zero-order valence-corrected chi connectivity index (χ0v) is 15.5. The van der Waals surface area contributed by atoms with Crippen LogP contribution in [0.4, 0.5) is 0 Å². The van der Waals surface area contributed by atoms with Gasteiger partial charge in [0.1, 0.15) is 5.76 Å². The van der Waals surface area contributed by atoms with Crippen molar-refractivity contribution < 1.29 is 9.21 Å². The summed E-state index contributed by atoms with van der Waals surface area (Å²) >= 11 is 6.56. The largest absolute Gasteiger partial charge is 0.455 e. The van der Waals surface area contributed by atoms with E-state index in [1.807, 2.05) is 35.3 Å². The molecule has 3 rings (SSSR count). The SMILES string of the molecule is Cn1ccnc1SCc1ccc(C(=O)NCc2cc(Br)cs2)o1. The van der Waals surface area contributed by atoms with Crippen LogP contribution in [0.3, 0.4) is 0 Å². The van der Waals surface area contributed by atoms with Crippen molar-refractivity contribution in [3.05, 3.63) is 56.8 Å². The van der Waals surface area contributed by atoms with Gasteiger partial charge in [-0.05, 0) is 34.1 Å². The molecule has 0 aliphatic rings. The Morgan fingerprint density at radius 1 is 1.52 bits per heavy atom. The number of furan rings is 1. The number of halogens is 1. The van der Waals surface area contributed by atoms with E-state index in [1.165, 1.54) is 0 Å². The van der Waals surface area contributed by atoms with Crippen LogP contribution in [-0.4, -0.2) is 15.5 Å². The lowest BCUT2D eigenvalue weighted by atomic mass is 10.4. The molecule has 0 aromatic carbocycles. The van der Waals surface area contributed by atoms with Gasteiger partial charge in [0, 0.05) is 34.2 Å². The topological polar surface area (TPSA) is 60.1 Å². The molecule has 5 nitrogen and oxygen atoms in total. The predicted octanol–water partition coefficient (Wildman–Crippen LogP) is 4.06. The molecule has 0 fully saturated rings. The normalized spacial score (nSPS) is 10.9. The van der Waals surface area contributed by atoms with Gasteiger partial charge in [-0.2, -0.15) is 0 Å². The average molecular weight is 412 g/mol. The van der Waals surface area contributed by atoms with Crippen LogP contribution in [0.15, 0.2) is 50.0 Å². The molecule has 0 spiro atoms. The number of aryl methyl sites for hydroxylation is 1. The molecule has 0 radical (unpaired) electrons. The first-order valence-electron chi connectivity index (χ1n) is 6.82. The molecular formula is C15H14BrN3O2S2. The Hall–Kier alpha value is -1.51. The number of carbonyl (C=O) groups excluding carboxylic acids is 1. The number of thioether (sulfide) groups is 1. The highest BCUT2D eigenvalue weighted by atomic mass is 79.9. The van der Waals surface area contributed by atoms with Crippen molar-refractivity contribution in [1.29, 1.82) is 0 Å². The Morgan fingerprint density at radius 3 is 3.09 bits per heavy atom. The van der Waals surface area contributed by atoms with Crippen LogP contribution >= 0.6 is 39.0 Å². The third-order valence-electron chi connectivity index (χ3n) is 3.05. The molecule has 8 heteroatoms. The van der Waals surface area contributed by atoms with E-state index in [0.717, 1.165) is 20.3 Å². The number of imidazole rings is 1. The molecule has 0 saturated carbocycles. The maximum Gasteiger partial charge on any atom is 0.287 e. The summed E-state index contributed by atoms with van der Waals surface area (Å²) in [5.41, 5.74) is 0. The second kappa shape index (κ2) is 7.37. The van der Waals surface area contributed by atoms with Crippen molar-refractivity contribution in [2.24, 2.45) is 7.05 Å². The number of hydrogen-bond donors (Lipinski definition) is 1. The predicted molar refractivity (Wildman–Crippen MR) is 94.7 cm³/mol. The molecular weight excluding hydrogens is 398 g/mol. The van der Waals surface area contributed by atoms with E-state index < -0.39 is 0 Å². The third kappa shape index (κ3) is 4.27.